The Morgan fingerprint density at radius 3 is 2.72 bits per heavy atom. The second kappa shape index (κ2) is 7.25. The van der Waals surface area contributed by atoms with Gasteiger partial charge in [-0.15, -0.1) is 35.0 Å². The number of anilines is 1. The van der Waals surface area contributed by atoms with Gasteiger partial charge in [-0.1, -0.05) is 18.2 Å². The third-order valence-corrected chi connectivity index (χ3v) is 6.03. The van der Waals surface area contributed by atoms with E-state index in [-0.39, 0.29) is 11.8 Å². The van der Waals surface area contributed by atoms with Crippen LogP contribution in [0.3, 0.4) is 0 Å². The van der Waals surface area contributed by atoms with Crippen molar-refractivity contribution in [3.8, 4) is 6.07 Å². The summed E-state index contributed by atoms with van der Waals surface area (Å²) < 4.78 is -0.648. The summed E-state index contributed by atoms with van der Waals surface area (Å²) in [5.41, 5.74) is 2.04. The lowest BCUT2D eigenvalue weighted by Crippen LogP contribution is -2.15. The largest absolute Gasteiger partial charge is 0.322 e. The Morgan fingerprint density at radius 1 is 1.44 bits per heavy atom. The number of pyridine rings is 1. The van der Waals surface area contributed by atoms with Gasteiger partial charge in [-0.3, -0.25) is 4.79 Å². The molecule has 1 aliphatic carbocycles. The first-order valence-corrected chi connectivity index (χ1v) is 9.43. The zero-order valence-corrected chi connectivity index (χ0v) is 15.8. The molecular weight excluding hydrogens is 377 g/mol. The van der Waals surface area contributed by atoms with E-state index in [9.17, 15) is 10.1 Å². The summed E-state index contributed by atoms with van der Waals surface area (Å²) in [6.07, 6.45) is 0.752. The monoisotopic (exact) mass is 391 g/mol. The van der Waals surface area contributed by atoms with E-state index in [1.807, 2.05) is 18.2 Å². The normalized spacial score (nSPS) is 17.6. The van der Waals surface area contributed by atoms with E-state index in [2.05, 4.69) is 16.4 Å². The van der Waals surface area contributed by atoms with Crippen molar-refractivity contribution in [2.45, 2.75) is 22.7 Å². The number of carbonyl (C=O) groups excluding carboxylic acids is 1. The molecular formula is C18H15Cl2N3OS. The number of nitrogens with zero attached hydrogens (tertiary/aromatic N) is 2. The quantitative estimate of drug-likeness (QED) is 0.586. The number of para-hydroxylation sites is 1. The van der Waals surface area contributed by atoms with Crippen molar-refractivity contribution in [1.29, 1.82) is 5.26 Å². The molecule has 1 aliphatic rings. The summed E-state index contributed by atoms with van der Waals surface area (Å²) in [5.74, 6) is 0.617. The van der Waals surface area contributed by atoms with E-state index in [1.54, 1.807) is 25.1 Å². The fraction of sp³-hybridized carbons (Fsp3) is 0.278. The van der Waals surface area contributed by atoms with Gasteiger partial charge in [-0.2, -0.15) is 5.26 Å². The van der Waals surface area contributed by atoms with E-state index >= 15 is 0 Å². The van der Waals surface area contributed by atoms with Gasteiger partial charge in [0.15, 0.2) is 0 Å². The van der Waals surface area contributed by atoms with Gasteiger partial charge in [-0.05, 0) is 31.5 Å². The molecule has 3 rings (SSSR count). The Kier molecular flexibility index (Phi) is 5.24. The molecule has 0 radical (unpaired) electrons. The molecule has 7 heteroatoms. The van der Waals surface area contributed by atoms with Crippen LogP contribution in [-0.2, 0) is 0 Å². The molecule has 1 atom stereocenters. The van der Waals surface area contributed by atoms with Gasteiger partial charge >= 0.3 is 0 Å². The molecule has 0 bridgehead atoms. The lowest BCUT2D eigenvalue weighted by Gasteiger charge is -2.10. The first-order chi connectivity index (χ1) is 11.9. The van der Waals surface area contributed by atoms with Crippen molar-refractivity contribution in [3.63, 3.8) is 0 Å². The highest BCUT2D eigenvalue weighted by molar-refractivity contribution is 7.99. The number of rotatable bonds is 5. The van der Waals surface area contributed by atoms with E-state index in [0.717, 1.165) is 6.42 Å². The van der Waals surface area contributed by atoms with Crippen LogP contribution in [0.25, 0.3) is 0 Å². The highest BCUT2D eigenvalue weighted by atomic mass is 35.5. The minimum Gasteiger partial charge on any atom is -0.322 e. The standard InChI is InChI=1S/C18H15Cl2N3OS/c1-11-15(16(24)23-14-5-3-2-4-6-14)7-12(9-21)17(22-11)25-10-13-8-18(13,19)20/h2-7,13H,8,10H2,1H3,(H,23,24)/t13-/m0/s1. The number of hydrogen-bond donors (Lipinski definition) is 1. The fourth-order valence-corrected chi connectivity index (χ4v) is 4.29. The van der Waals surface area contributed by atoms with Crippen LogP contribution >= 0.6 is 35.0 Å². The van der Waals surface area contributed by atoms with E-state index in [4.69, 9.17) is 23.2 Å². The smallest absolute Gasteiger partial charge is 0.257 e. The van der Waals surface area contributed by atoms with Crippen LogP contribution in [0.4, 0.5) is 5.69 Å². The van der Waals surface area contributed by atoms with Gasteiger partial charge < -0.3 is 5.32 Å². The van der Waals surface area contributed by atoms with Crippen LogP contribution in [0.2, 0.25) is 0 Å². The number of aromatic nitrogens is 1. The van der Waals surface area contributed by atoms with Crippen molar-refractivity contribution in [2.75, 3.05) is 11.1 Å². The predicted octanol–water partition coefficient (Wildman–Crippen LogP) is 4.80. The zero-order chi connectivity index (χ0) is 18.0. The first-order valence-electron chi connectivity index (χ1n) is 7.69. The lowest BCUT2D eigenvalue weighted by atomic mass is 10.1. The molecule has 1 saturated carbocycles. The third kappa shape index (κ3) is 4.27. The van der Waals surface area contributed by atoms with Crippen LogP contribution in [0.15, 0.2) is 41.4 Å². The van der Waals surface area contributed by atoms with Crippen LogP contribution < -0.4 is 5.32 Å². The summed E-state index contributed by atoms with van der Waals surface area (Å²) in [6, 6.07) is 12.9. The van der Waals surface area contributed by atoms with E-state index in [0.29, 0.717) is 33.3 Å². The second-order valence-corrected chi connectivity index (χ2v) is 8.43. The Bertz CT molecular complexity index is 849. The molecule has 1 fully saturated rings. The number of nitriles is 1. The predicted molar refractivity (Wildman–Crippen MR) is 101 cm³/mol. The van der Waals surface area contributed by atoms with Crippen molar-refractivity contribution in [1.82, 2.24) is 4.98 Å². The SMILES string of the molecule is Cc1nc(SC[C@@H]2CC2(Cl)Cl)c(C#N)cc1C(=O)Nc1ccccc1. The zero-order valence-electron chi connectivity index (χ0n) is 13.4. The molecule has 25 heavy (non-hydrogen) atoms. The molecule has 0 spiro atoms. The molecule has 4 nitrogen and oxygen atoms in total. The van der Waals surface area contributed by atoms with E-state index in [1.165, 1.54) is 11.8 Å². The van der Waals surface area contributed by atoms with Gasteiger partial charge in [0.05, 0.1) is 16.8 Å². The Morgan fingerprint density at radius 2 is 2.12 bits per heavy atom. The van der Waals surface area contributed by atoms with Crippen molar-refractivity contribution in [2.24, 2.45) is 5.92 Å². The molecule has 1 N–H and O–H groups in total. The molecule has 1 aromatic heterocycles. The van der Waals surface area contributed by atoms with Crippen molar-refractivity contribution < 1.29 is 4.79 Å². The summed E-state index contributed by atoms with van der Waals surface area (Å²) in [5, 5.41) is 12.8. The number of hydrogen-bond acceptors (Lipinski definition) is 4. The maximum absolute atomic E-state index is 12.5. The number of amides is 1. The molecule has 128 valence electrons. The highest BCUT2D eigenvalue weighted by Gasteiger charge is 2.51. The number of benzene rings is 1. The molecule has 0 aliphatic heterocycles. The number of aryl methyl sites for hydroxylation is 1. The van der Waals surface area contributed by atoms with E-state index < -0.39 is 4.33 Å². The average Bonchev–Trinajstić information content (AvgIpc) is 3.20. The Hall–Kier alpha value is -1.74. The first kappa shape index (κ1) is 18.1. The number of alkyl halides is 2. The average molecular weight is 392 g/mol. The molecule has 1 aromatic carbocycles. The highest BCUT2D eigenvalue weighted by Crippen LogP contribution is 2.54. The second-order valence-electron chi connectivity index (χ2n) is 5.88. The number of carbonyl (C=O) groups is 1. The van der Waals surface area contributed by atoms with Gasteiger partial charge in [-0.25, -0.2) is 4.98 Å². The summed E-state index contributed by atoms with van der Waals surface area (Å²) in [4.78, 5) is 16.9. The number of thioether (sulfide) groups is 1. The molecule has 2 aromatic rings. The molecule has 0 saturated heterocycles. The van der Waals surface area contributed by atoms with Crippen LogP contribution in [0, 0.1) is 24.2 Å². The summed E-state index contributed by atoms with van der Waals surface area (Å²) >= 11 is 13.5. The Labute approximate surface area is 160 Å². The minimum atomic E-state index is -0.648. The number of halogens is 2. The van der Waals surface area contributed by atoms with Crippen LogP contribution in [0.1, 0.15) is 28.0 Å². The molecule has 0 unspecified atom stereocenters. The summed E-state index contributed by atoms with van der Waals surface area (Å²) in [7, 11) is 0. The minimum absolute atomic E-state index is 0.204. The maximum Gasteiger partial charge on any atom is 0.257 e. The topological polar surface area (TPSA) is 65.8 Å². The van der Waals surface area contributed by atoms with Gasteiger partial charge in [0, 0.05) is 17.4 Å². The molecule has 1 amide bonds. The number of nitrogens with one attached hydrogen (secondary N) is 1. The molecule has 1 heterocycles. The van der Waals surface area contributed by atoms with Crippen LogP contribution in [-0.4, -0.2) is 21.0 Å². The van der Waals surface area contributed by atoms with Crippen molar-refractivity contribution in [3.05, 3.63) is 53.2 Å². The summed E-state index contributed by atoms with van der Waals surface area (Å²) in [6.45, 7) is 1.76. The Balaban J connectivity index is 1.77. The lowest BCUT2D eigenvalue weighted by molar-refractivity contribution is 0.102. The van der Waals surface area contributed by atoms with Crippen molar-refractivity contribution >= 4 is 46.6 Å². The van der Waals surface area contributed by atoms with Gasteiger partial charge in [0.2, 0.25) is 0 Å². The van der Waals surface area contributed by atoms with Crippen LogP contribution in [0.5, 0.6) is 0 Å². The fourth-order valence-electron chi connectivity index (χ4n) is 2.35. The van der Waals surface area contributed by atoms with Gasteiger partial charge in [0.1, 0.15) is 15.4 Å². The third-order valence-electron chi connectivity index (χ3n) is 3.95. The van der Waals surface area contributed by atoms with Gasteiger partial charge in [0.25, 0.3) is 5.91 Å². The maximum atomic E-state index is 12.5.